The van der Waals surface area contributed by atoms with E-state index in [1.165, 1.54) is 16.7 Å². The van der Waals surface area contributed by atoms with Crippen molar-refractivity contribution in [3.8, 4) is 17.2 Å². The number of ether oxygens (including phenoxy) is 3. The van der Waals surface area contributed by atoms with Crippen LogP contribution in [0, 0.1) is 0 Å². The highest BCUT2D eigenvalue weighted by Gasteiger charge is 2.34. The first kappa shape index (κ1) is 18.3. The first-order valence-electron chi connectivity index (χ1n) is 7.72. The smallest absolute Gasteiger partial charge is 0.270 e. The third kappa shape index (κ3) is 3.40. The monoisotopic (exact) mass is 387 g/mol. The average Bonchev–Trinajstić information content (AvgIpc) is 2.94. The van der Waals surface area contributed by atoms with E-state index in [2.05, 4.69) is 0 Å². The minimum atomic E-state index is -0.181. The largest absolute Gasteiger partial charge is 0.495 e. The second-order valence-corrected chi connectivity index (χ2v) is 6.98. The summed E-state index contributed by atoms with van der Waals surface area (Å²) in [6.07, 6.45) is 1.79. The van der Waals surface area contributed by atoms with Crippen LogP contribution in [0.2, 0.25) is 0 Å². The number of benzene rings is 2. The fourth-order valence-corrected chi connectivity index (χ4v) is 3.87. The normalized spacial score (nSPS) is 15.5. The molecule has 0 saturated carbocycles. The van der Waals surface area contributed by atoms with E-state index >= 15 is 0 Å². The molecular formula is C19H17NO4S2. The van der Waals surface area contributed by atoms with Gasteiger partial charge in [0.05, 0.1) is 31.9 Å². The van der Waals surface area contributed by atoms with E-state index in [0.717, 1.165) is 5.56 Å². The van der Waals surface area contributed by atoms with Crippen LogP contribution in [0.4, 0.5) is 5.69 Å². The molecule has 1 amide bonds. The van der Waals surface area contributed by atoms with Gasteiger partial charge in [-0.2, -0.15) is 0 Å². The zero-order valence-corrected chi connectivity index (χ0v) is 16.1. The summed E-state index contributed by atoms with van der Waals surface area (Å²) in [5.41, 5.74) is 1.45. The molecule has 0 radical (unpaired) electrons. The van der Waals surface area contributed by atoms with Gasteiger partial charge in [0.25, 0.3) is 5.91 Å². The predicted molar refractivity (Wildman–Crippen MR) is 108 cm³/mol. The number of carbonyl (C=O) groups is 1. The molecular weight excluding hydrogens is 370 g/mol. The summed E-state index contributed by atoms with van der Waals surface area (Å²) in [7, 11) is 4.72. The van der Waals surface area contributed by atoms with Crippen molar-refractivity contribution in [2.24, 2.45) is 0 Å². The maximum absolute atomic E-state index is 12.9. The molecule has 7 heteroatoms. The molecule has 2 aromatic carbocycles. The number of hydrogen-bond acceptors (Lipinski definition) is 6. The van der Waals surface area contributed by atoms with Gasteiger partial charge in [-0.1, -0.05) is 42.2 Å². The highest BCUT2D eigenvalue weighted by molar-refractivity contribution is 8.27. The third-order valence-corrected chi connectivity index (χ3v) is 5.13. The van der Waals surface area contributed by atoms with Gasteiger partial charge in [0, 0.05) is 0 Å². The molecule has 0 aliphatic carbocycles. The van der Waals surface area contributed by atoms with E-state index in [0.29, 0.717) is 32.2 Å². The number of rotatable bonds is 5. The summed E-state index contributed by atoms with van der Waals surface area (Å²) in [6.45, 7) is 0. The Morgan fingerprint density at radius 3 is 2.35 bits per heavy atom. The Hall–Kier alpha value is -2.51. The standard InChI is InChI=1S/C19H17NO4S2/c1-22-14-7-5-4-6-13(14)20-18(21)17(26-19(20)25)11-12-8-9-15(23-2)16(10-12)24-3/h4-11H,1-3H3. The Labute approximate surface area is 161 Å². The summed E-state index contributed by atoms with van der Waals surface area (Å²) in [4.78, 5) is 14.9. The van der Waals surface area contributed by atoms with Crippen molar-refractivity contribution >= 4 is 46.0 Å². The lowest BCUT2D eigenvalue weighted by Gasteiger charge is -2.17. The van der Waals surface area contributed by atoms with Crippen LogP contribution in [-0.4, -0.2) is 31.6 Å². The maximum Gasteiger partial charge on any atom is 0.270 e. The SMILES string of the molecule is COc1ccc(C=C2SC(=S)N(c3ccccc3OC)C2=O)cc1OC. The van der Waals surface area contributed by atoms with E-state index < -0.39 is 0 Å². The van der Waals surface area contributed by atoms with Crippen molar-refractivity contribution in [2.45, 2.75) is 0 Å². The molecule has 1 aliphatic heterocycles. The van der Waals surface area contributed by atoms with Crippen LogP contribution in [0.25, 0.3) is 6.08 Å². The molecule has 1 fully saturated rings. The second-order valence-electron chi connectivity index (χ2n) is 5.30. The van der Waals surface area contributed by atoms with Crippen LogP contribution in [0.1, 0.15) is 5.56 Å². The van der Waals surface area contributed by atoms with E-state index in [1.807, 2.05) is 30.3 Å². The van der Waals surface area contributed by atoms with Crippen LogP contribution < -0.4 is 19.1 Å². The van der Waals surface area contributed by atoms with Crippen molar-refractivity contribution in [1.29, 1.82) is 0 Å². The van der Waals surface area contributed by atoms with Crippen molar-refractivity contribution in [3.05, 3.63) is 52.9 Å². The van der Waals surface area contributed by atoms with Crippen LogP contribution in [-0.2, 0) is 4.79 Å². The summed E-state index contributed by atoms with van der Waals surface area (Å²) < 4.78 is 16.4. The molecule has 5 nitrogen and oxygen atoms in total. The third-order valence-electron chi connectivity index (χ3n) is 3.83. The van der Waals surface area contributed by atoms with E-state index in [4.69, 9.17) is 26.4 Å². The van der Waals surface area contributed by atoms with Crippen molar-refractivity contribution < 1.29 is 19.0 Å². The molecule has 1 aliphatic rings. The molecule has 0 N–H and O–H groups in total. The van der Waals surface area contributed by atoms with Gasteiger partial charge in [0.15, 0.2) is 15.8 Å². The zero-order valence-electron chi connectivity index (χ0n) is 14.5. The first-order chi connectivity index (χ1) is 12.6. The fraction of sp³-hybridized carbons (Fsp3) is 0.158. The highest BCUT2D eigenvalue weighted by atomic mass is 32.2. The zero-order chi connectivity index (χ0) is 18.7. The van der Waals surface area contributed by atoms with Crippen molar-refractivity contribution in [2.75, 3.05) is 26.2 Å². The van der Waals surface area contributed by atoms with Crippen molar-refractivity contribution in [1.82, 2.24) is 0 Å². The Kier molecular flexibility index (Phi) is 5.49. The summed E-state index contributed by atoms with van der Waals surface area (Å²) >= 11 is 6.67. The van der Waals surface area contributed by atoms with E-state index in [9.17, 15) is 4.79 Å². The van der Waals surface area contributed by atoms with Gasteiger partial charge >= 0.3 is 0 Å². The van der Waals surface area contributed by atoms with Crippen LogP contribution in [0.3, 0.4) is 0 Å². The predicted octanol–water partition coefficient (Wildman–Crippen LogP) is 4.12. The molecule has 26 heavy (non-hydrogen) atoms. The Bertz CT molecular complexity index is 895. The number of para-hydroxylation sites is 2. The lowest BCUT2D eigenvalue weighted by atomic mass is 10.2. The second kappa shape index (κ2) is 7.80. The fourth-order valence-electron chi connectivity index (χ4n) is 2.58. The van der Waals surface area contributed by atoms with Gasteiger partial charge in [-0.05, 0) is 35.9 Å². The Balaban J connectivity index is 1.95. The van der Waals surface area contributed by atoms with Crippen LogP contribution >= 0.6 is 24.0 Å². The molecule has 1 heterocycles. The first-order valence-corrected chi connectivity index (χ1v) is 8.94. The topological polar surface area (TPSA) is 48.0 Å². The Morgan fingerprint density at radius 1 is 0.962 bits per heavy atom. The number of methoxy groups -OCH3 is 3. The van der Waals surface area contributed by atoms with E-state index in [-0.39, 0.29) is 5.91 Å². The van der Waals surface area contributed by atoms with Crippen LogP contribution in [0.15, 0.2) is 47.4 Å². The average molecular weight is 387 g/mol. The number of thiocarbonyl (C=S) groups is 1. The summed E-state index contributed by atoms with van der Waals surface area (Å²) in [5.74, 6) is 1.64. The van der Waals surface area contributed by atoms with Crippen molar-refractivity contribution in [3.63, 3.8) is 0 Å². The van der Waals surface area contributed by atoms with Gasteiger partial charge in [-0.3, -0.25) is 9.69 Å². The minimum Gasteiger partial charge on any atom is -0.495 e. The van der Waals surface area contributed by atoms with E-state index in [1.54, 1.807) is 39.5 Å². The maximum atomic E-state index is 12.9. The summed E-state index contributed by atoms with van der Waals surface area (Å²) in [5, 5.41) is 0. The van der Waals surface area contributed by atoms with Gasteiger partial charge in [0.1, 0.15) is 5.75 Å². The molecule has 0 aromatic heterocycles. The lowest BCUT2D eigenvalue weighted by molar-refractivity contribution is -0.113. The molecule has 0 atom stereocenters. The highest BCUT2D eigenvalue weighted by Crippen LogP contribution is 2.40. The molecule has 2 aromatic rings. The number of amides is 1. The van der Waals surface area contributed by atoms with Gasteiger partial charge in [0.2, 0.25) is 0 Å². The number of hydrogen-bond donors (Lipinski definition) is 0. The summed E-state index contributed by atoms with van der Waals surface area (Å²) in [6, 6.07) is 12.8. The molecule has 0 unspecified atom stereocenters. The number of nitrogens with zero attached hydrogens (tertiary/aromatic N) is 1. The van der Waals surface area contributed by atoms with Gasteiger partial charge < -0.3 is 14.2 Å². The van der Waals surface area contributed by atoms with Crippen LogP contribution in [0.5, 0.6) is 17.2 Å². The van der Waals surface area contributed by atoms with Gasteiger partial charge in [-0.25, -0.2) is 0 Å². The number of anilines is 1. The number of thioether (sulfide) groups is 1. The minimum absolute atomic E-state index is 0.181. The number of carbonyl (C=O) groups excluding carboxylic acids is 1. The molecule has 3 rings (SSSR count). The van der Waals surface area contributed by atoms with Gasteiger partial charge in [-0.15, -0.1) is 0 Å². The Morgan fingerprint density at radius 2 is 1.65 bits per heavy atom. The molecule has 0 bridgehead atoms. The molecule has 0 spiro atoms. The quantitative estimate of drug-likeness (QED) is 0.568. The molecule has 1 saturated heterocycles. The lowest BCUT2D eigenvalue weighted by Crippen LogP contribution is -2.27. The molecule has 134 valence electrons.